The Balaban J connectivity index is 1.52. The van der Waals surface area contributed by atoms with Crippen LogP contribution in [0.5, 0.6) is 11.5 Å². The van der Waals surface area contributed by atoms with Gasteiger partial charge in [0.05, 0.1) is 38.0 Å². The van der Waals surface area contributed by atoms with Crippen LogP contribution in [0.3, 0.4) is 0 Å². The number of hydrogen-bond donors (Lipinski definition) is 1. The second kappa shape index (κ2) is 12.2. The standard InChI is InChI=1S/C28H33N3O6S/c1-21-4-11-25(12-5-21)38(33,34)31(24-10-13-26(35-2)27(18-24)36-3)20-28(32)29-19-22-6-8-23(9-7-22)30-14-16-37-17-15-30/h4-13,18H,14-17,19-20H2,1-3H3,(H,29,32). The van der Waals surface area contributed by atoms with Crippen LogP contribution in [0.1, 0.15) is 11.1 Å². The molecule has 0 spiro atoms. The summed E-state index contributed by atoms with van der Waals surface area (Å²) in [5.74, 6) is 0.372. The van der Waals surface area contributed by atoms with E-state index < -0.39 is 22.5 Å². The van der Waals surface area contributed by atoms with E-state index in [1.54, 1.807) is 30.3 Å². The molecule has 1 N–H and O–H groups in total. The highest BCUT2D eigenvalue weighted by atomic mass is 32.2. The minimum Gasteiger partial charge on any atom is -0.493 e. The van der Waals surface area contributed by atoms with Gasteiger partial charge in [0.2, 0.25) is 5.91 Å². The Kier molecular flexibility index (Phi) is 8.75. The maximum Gasteiger partial charge on any atom is 0.264 e. The molecule has 0 atom stereocenters. The molecule has 0 bridgehead atoms. The summed E-state index contributed by atoms with van der Waals surface area (Å²) in [5, 5.41) is 2.85. The Labute approximate surface area is 224 Å². The number of hydrogen-bond acceptors (Lipinski definition) is 7. The molecule has 1 fully saturated rings. The number of carbonyl (C=O) groups excluding carboxylic acids is 1. The van der Waals surface area contributed by atoms with Crippen molar-refractivity contribution in [2.45, 2.75) is 18.4 Å². The van der Waals surface area contributed by atoms with E-state index in [1.807, 2.05) is 31.2 Å². The van der Waals surface area contributed by atoms with Gasteiger partial charge in [0.25, 0.3) is 10.0 Å². The fraction of sp³-hybridized carbons (Fsp3) is 0.321. The van der Waals surface area contributed by atoms with Crippen LogP contribution in [0, 0.1) is 6.92 Å². The number of ether oxygens (including phenoxy) is 3. The monoisotopic (exact) mass is 539 g/mol. The second-order valence-electron chi connectivity index (χ2n) is 8.91. The molecule has 0 radical (unpaired) electrons. The summed E-state index contributed by atoms with van der Waals surface area (Å²) in [6.07, 6.45) is 0. The van der Waals surface area contributed by atoms with Gasteiger partial charge in [0, 0.05) is 31.4 Å². The summed E-state index contributed by atoms with van der Waals surface area (Å²) in [7, 11) is -1.08. The minimum atomic E-state index is -4.05. The highest BCUT2D eigenvalue weighted by Crippen LogP contribution is 2.33. The van der Waals surface area contributed by atoms with Gasteiger partial charge in [-0.05, 0) is 48.9 Å². The molecule has 3 aromatic carbocycles. The fourth-order valence-electron chi connectivity index (χ4n) is 4.17. The highest BCUT2D eigenvalue weighted by Gasteiger charge is 2.28. The first kappa shape index (κ1) is 27.3. The van der Waals surface area contributed by atoms with E-state index in [-0.39, 0.29) is 17.1 Å². The third-order valence-electron chi connectivity index (χ3n) is 6.35. The van der Waals surface area contributed by atoms with Crippen LogP contribution >= 0.6 is 0 Å². The molecule has 0 unspecified atom stereocenters. The maximum atomic E-state index is 13.7. The summed E-state index contributed by atoms with van der Waals surface area (Å²) in [4.78, 5) is 15.4. The number of sulfonamides is 1. The molecule has 1 aliphatic heterocycles. The predicted molar refractivity (Wildman–Crippen MR) is 147 cm³/mol. The number of nitrogens with one attached hydrogen (secondary N) is 1. The van der Waals surface area contributed by atoms with Gasteiger partial charge in [0.1, 0.15) is 6.54 Å². The zero-order chi connectivity index (χ0) is 27.1. The van der Waals surface area contributed by atoms with Crippen molar-refractivity contribution in [3.8, 4) is 11.5 Å². The molecule has 0 aromatic heterocycles. The maximum absolute atomic E-state index is 13.7. The van der Waals surface area contributed by atoms with Gasteiger partial charge < -0.3 is 24.4 Å². The molecular formula is C28H33N3O6S. The Morgan fingerprint density at radius 1 is 0.947 bits per heavy atom. The Morgan fingerprint density at radius 2 is 1.61 bits per heavy atom. The summed E-state index contributed by atoms with van der Waals surface area (Å²) >= 11 is 0. The Morgan fingerprint density at radius 3 is 2.24 bits per heavy atom. The van der Waals surface area contributed by atoms with Gasteiger partial charge in [-0.3, -0.25) is 9.10 Å². The van der Waals surface area contributed by atoms with Crippen LogP contribution in [0.25, 0.3) is 0 Å². The molecule has 202 valence electrons. The molecule has 1 saturated heterocycles. The SMILES string of the molecule is COc1ccc(N(CC(=O)NCc2ccc(N3CCOCC3)cc2)S(=O)(=O)c2ccc(C)cc2)cc1OC. The first-order valence-electron chi connectivity index (χ1n) is 12.3. The summed E-state index contributed by atoms with van der Waals surface area (Å²) in [6, 6.07) is 19.2. The summed E-state index contributed by atoms with van der Waals surface area (Å²) in [6.45, 7) is 4.85. The number of benzene rings is 3. The topological polar surface area (TPSA) is 97.4 Å². The van der Waals surface area contributed by atoms with Gasteiger partial charge in [0.15, 0.2) is 11.5 Å². The third kappa shape index (κ3) is 6.38. The van der Waals surface area contributed by atoms with E-state index in [1.165, 1.54) is 26.4 Å². The van der Waals surface area contributed by atoms with Crippen LogP contribution in [0.2, 0.25) is 0 Å². The van der Waals surface area contributed by atoms with Gasteiger partial charge in [-0.15, -0.1) is 0 Å². The first-order chi connectivity index (χ1) is 18.3. The van der Waals surface area contributed by atoms with Crippen molar-refractivity contribution in [1.82, 2.24) is 5.32 Å². The van der Waals surface area contributed by atoms with Gasteiger partial charge >= 0.3 is 0 Å². The van der Waals surface area contributed by atoms with Crippen LogP contribution in [-0.4, -0.2) is 61.4 Å². The number of nitrogens with zero attached hydrogens (tertiary/aromatic N) is 2. The number of carbonyl (C=O) groups is 1. The van der Waals surface area contributed by atoms with E-state index in [9.17, 15) is 13.2 Å². The zero-order valence-corrected chi connectivity index (χ0v) is 22.7. The number of amides is 1. The van der Waals surface area contributed by atoms with Crippen LogP contribution < -0.4 is 24.0 Å². The highest BCUT2D eigenvalue weighted by molar-refractivity contribution is 7.92. The zero-order valence-electron chi connectivity index (χ0n) is 21.8. The average Bonchev–Trinajstić information content (AvgIpc) is 2.95. The third-order valence-corrected chi connectivity index (χ3v) is 8.14. The van der Waals surface area contributed by atoms with Crippen molar-refractivity contribution in [2.75, 3.05) is 56.3 Å². The molecule has 1 amide bonds. The quantitative estimate of drug-likeness (QED) is 0.422. The lowest BCUT2D eigenvalue weighted by molar-refractivity contribution is -0.119. The number of methoxy groups -OCH3 is 2. The van der Waals surface area contributed by atoms with E-state index in [2.05, 4.69) is 10.2 Å². The van der Waals surface area contributed by atoms with Gasteiger partial charge in [-0.1, -0.05) is 29.8 Å². The molecular weight excluding hydrogens is 506 g/mol. The smallest absolute Gasteiger partial charge is 0.264 e. The van der Waals surface area contributed by atoms with Gasteiger partial charge in [-0.2, -0.15) is 0 Å². The van der Waals surface area contributed by atoms with Crippen molar-refractivity contribution in [2.24, 2.45) is 0 Å². The van der Waals surface area contributed by atoms with Crippen molar-refractivity contribution in [3.63, 3.8) is 0 Å². The number of aryl methyl sites for hydroxylation is 1. The van der Waals surface area contributed by atoms with Crippen molar-refractivity contribution >= 4 is 27.3 Å². The van der Waals surface area contributed by atoms with Crippen LogP contribution in [-0.2, 0) is 26.1 Å². The van der Waals surface area contributed by atoms with Crippen LogP contribution in [0.4, 0.5) is 11.4 Å². The van der Waals surface area contributed by atoms with Crippen LogP contribution in [0.15, 0.2) is 71.6 Å². The Bertz CT molecular complexity index is 1340. The van der Waals surface area contributed by atoms with Crippen molar-refractivity contribution in [1.29, 1.82) is 0 Å². The number of morpholine rings is 1. The normalized spacial score (nSPS) is 13.6. The second-order valence-corrected chi connectivity index (χ2v) is 10.8. The predicted octanol–water partition coefficient (Wildman–Crippen LogP) is 3.36. The first-order valence-corrected chi connectivity index (χ1v) is 13.8. The molecule has 1 heterocycles. The molecule has 0 aliphatic carbocycles. The molecule has 9 nitrogen and oxygen atoms in total. The largest absolute Gasteiger partial charge is 0.493 e. The number of rotatable bonds is 10. The lowest BCUT2D eigenvalue weighted by Gasteiger charge is -2.29. The summed E-state index contributed by atoms with van der Waals surface area (Å²) < 4.78 is 44.5. The lowest BCUT2D eigenvalue weighted by Crippen LogP contribution is -2.40. The summed E-state index contributed by atoms with van der Waals surface area (Å²) in [5.41, 5.74) is 3.23. The molecule has 10 heteroatoms. The van der Waals surface area contributed by atoms with Crippen molar-refractivity contribution in [3.05, 3.63) is 77.9 Å². The lowest BCUT2D eigenvalue weighted by atomic mass is 10.2. The average molecular weight is 540 g/mol. The molecule has 38 heavy (non-hydrogen) atoms. The van der Waals surface area contributed by atoms with E-state index >= 15 is 0 Å². The van der Waals surface area contributed by atoms with E-state index in [0.717, 1.165) is 34.2 Å². The molecule has 1 aliphatic rings. The Hall–Kier alpha value is -3.76. The van der Waals surface area contributed by atoms with E-state index in [0.29, 0.717) is 24.7 Å². The fourth-order valence-corrected chi connectivity index (χ4v) is 5.58. The van der Waals surface area contributed by atoms with Gasteiger partial charge in [-0.25, -0.2) is 8.42 Å². The molecule has 0 saturated carbocycles. The molecule has 4 rings (SSSR count). The van der Waals surface area contributed by atoms with Crippen molar-refractivity contribution < 1.29 is 27.4 Å². The minimum absolute atomic E-state index is 0.0874. The van der Waals surface area contributed by atoms with E-state index in [4.69, 9.17) is 14.2 Å². The molecule has 3 aromatic rings. The number of anilines is 2.